The molecule has 18 heavy (non-hydrogen) atoms. The third kappa shape index (κ3) is 3.41. The van der Waals surface area contributed by atoms with Crippen molar-refractivity contribution in [1.82, 2.24) is 9.97 Å². The summed E-state index contributed by atoms with van der Waals surface area (Å²) < 4.78 is 0. The zero-order chi connectivity index (χ0) is 13.0. The van der Waals surface area contributed by atoms with Gasteiger partial charge >= 0.3 is 0 Å². The summed E-state index contributed by atoms with van der Waals surface area (Å²) in [6, 6.07) is 3.70. The first kappa shape index (κ1) is 12.8. The lowest BCUT2D eigenvalue weighted by atomic mass is 9.87. The highest BCUT2D eigenvalue weighted by atomic mass is 16.3. The molecule has 1 heterocycles. The Balaban J connectivity index is 1.90. The number of aliphatic hydroxyl groups is 1. The molecule has 0 unspecified atom stereocenters. The van der Waals surface area contributed by atoms with Gasteiger partial charge in [0.1, 0.15) is 11.8 Å². The van der Waals surface area contributed by atoms with Gasteiger partial charge < -0.3 is 10.4 Å². The SMILES string of the molecule is Cc1cc(C#N)nc(NCC2CCC(O)CC2)n1. The largest absolute Gasteiger partial charge is 0.393 e. The van der Waals surface area contributed by atoms with Crippen LogP contribution in [0.5, 0.6) is 0 Å². The summed E-state index contributed by atoms with van der Waals surface area (Å²) in [5.41, 5.74) is 1.19. The summed E-state index contributed by atoms with van der Waals surface area (Å²) in [5, 5.41) is 21.5. The van der Waals surface area contributed by atoms with Crippen LogP contribution in [0.3, 0.4) is 0 Å². The van der Waals surface area contributed by atoms with Crippen LogP contribution >= 0.6 is 0 Å². The number of aryl methyl sites for hydroxylation is 1. The summed E-state index contributed by atoms with van der Waals surface area (Å²) in [6.07, 6.45) is 3.70. The number of rotatable bonds is 3. The molecule has 0 saturated heterocycles. The molecule has 1 aliphatic carbocycles. The molecular weight excluding hydrogens is 228 g/mol. The Labute approximate surface area is 107 Å². The fraction of sp³-hybridized carbons (Fsp3) is 0.615. The second kappa shape index (κ2) is 5.78. The molecular formula is C13H18N4O. The summed E-state index contributed by atoms with van der Waals surface area (Å²) in [4.78, 5) is 8.38. The quantitative estimate of drug-likeness (QED) is 0.847. The maximum atomic E-state index is 9.44. The fourth-order valence-electron chi connectivity index (χ4n) is 2.29. The normalized spacial score (nSPS) is 23.4. The Morgan fingerprint density at radius 3 is 2.78 bits per heavy atom. The standard InChI is InChI=1S/C13H18N4O/c1-9-6-11(7-14)17-13(16-9)15-8-10-2-4-12(18)5-3-10/h6,10,12,18H,2-5,8H2,1H3,(H,15,16,17). The Hall–Kier alpha value is -1.67. The van der Waals surface area contributed by atoms with E-state index in [-0.39, 0.29) is 6.10 Å². The van der Waals surface area contributed by atoms with Gasteiger partial charge in [0.15, 0.2) is 0 Å². The highest BCUT2D eigenvalue weighted by Gasteiger charge is 2.19. The first-order valence-electron chi connectivity index (χ1n) is 6.35. The average molecular weight is 246 g/mol. The zero-order valence-corrected chi connectivity index (χ0v) is 10.6. The summed E-state index contributed by atoms with van der Waals surface area (Å²) in [5.74, 6) is 1.08. The molecule has 0 aliphatic heterocycles. The highest BCUT2D eigenvalue weighted by Crippen LogP contribution is 2.24. The first-order valence-corrected chi connectivity index (χ1v) is 6.35. The van der Waals surface area contributed by atoms with Gasteiger partial charge in [0.25, 0.3) is 0 Å². The van der Waals surface area contributed by atoms with Gasteiger partial charge in [-0.1, -0.05) is 0 Å². The maximum absolute atomic E-state index is 9.44. The minimum Gasteiger partial charge on any atom is -0.393 e. The number of aliphatic hydroxyl groups excluding tert-OH is 1. The Morgan fingerprint density at radius 2 is 2.11 bits per heavy atom. The number of aromatic nitrogens is 2. The van der Waals surface area contributed by atoms with Crippen molar-refractivity contribution >= 4 is 5.95 Å². The number of nitriles is 1. The van der Waals surface area contributed by atoms with Crippen molar-refractivity contribution in [2.75, 3.05) is 11.9 Å². The molecule has 1 fully saturated rings. The molecule has 0 atom stereocenters. The summed E-state index contributed by atoms with van der Waals surface area (Å²) >= 11 is 0. The van der Waals surface area contributed by atoms with E-state index >= 15 is 0 Å². The number of nitrogens with one attached hydrogen (secondary N) is 1. The molecule has 5 heteroatoms. The van der Waals surface area contributed by atoms with Crippen molar-refractivity contribution in [2.45, 2.75) is 38.7 Å². The molecule has 1 saturated carbocycles. The van der Waals surface area contributed by atoms with Gasteiger partial charge in [0, 0.05) is 12.2 Å². The van der Waals surface area contributed by atoms with Gasteiger partial charge in [-0.15, -0.1) is 0 Å². The van der Waals surface area contributed by atoms with Crippen molar-refractivity contribution in [1.29, 1.82) is 5.26 Å². The van der Waals surface area contributed by atoms with Gasteiger partial charge in [0.2, 0.25) is 5.95 Å². The molecule has 0 bridgehead atoms. The molecule has 2 rings (SSSR count). The van der Waals surface area contributed by atoms with E-state index in [9.17, 15) is 5.11 Å². The molecule has 0 amide bonds. The van der Waals surface area contributed by atoms with Crippen LogP contribution in [0.2, 0.25) is 0 Å². The minimum atomic E-state index is -0.123. The average Bonchev–Trinajstić information content (AvgIpc) is 2.37. The molecule has 2 N–H and O–H groups in total. The monoisotopic (exact) mass is 246 g/mol. The van der Waals surface area contributed by atoms with E-state index in [0.29, 0.717) is 17.6 Å². The van der Waals surface area contributed by atoms with Crippen molar-refractivity contribution < 1.29 is 5.11 Å². The minimum absolute atomic E-state index is 0.123. The van der Waals surface area contributed by atoms with Crippen LogP contribution in [0.4, 0.5) is 5.95 Å². The molecule has 1 aromatic rings. The first-order chi connectivity index (χ1) is 8.67. The van der Waals surface area contributed by atoms with Gasteiger partial charge in [0.05, 0.1) is 6.10 Å². The predicted octanol–water partition coefficient (Wildman–Crippen LogP) is 1.62. The molecule has 0 aromatic carbocycles. The molecule has 1 aliphatic rings. The van der Waals surface area contributed by atoms with Crippen LogP contribution < -0.4 is 5.32 Å². The Bertz CT molecular complexity index is 447. The second-order valence-corrected chi connectivity index (χ2v) is 4.89. The van der Waals surface area contributed by atoms with Crippen LogP contribution in [-0.2, 0) is 0 Å². The van der Waals surface area contributed by atoms with Crippen LogP contribution in [0.25, 0.3) is 0 Å². The van der Waals surface area contributed by atoms with Crippen molar-refractivity contribution in [3.05, 3.63) is 17.5 Å². The van der Waals surface area contributed by atoms with Crippen LogP contribution in [0, 0.1) is 24.2 Å². The third-order valence-electron chi connectivity index (χ3n) is 3.33. The Kier molecular flexibility index (Phi) is 4.11. The number of nitrogens with zero attached hydrogens (tertiary/aromatic N) is 3. The molecule has 0 radical (unpaired) electrons. The molecule has 0 spiro atoms. The summed E-state index contributed by atoms with van der Waals surface area (Å²) in [6.45, 7) is 2.66. The number of hydrogen-bond donors (Lipinski definition) is 2. The molecule has 96 valence electrons. The van der Waals surface area contributed by atoms with E-state index in [4.69, 9.17) is 5.26 Å². The highest BCUT2D eigenvalue weighted by molar-refractivity contribution is 5.32. The Morgan fingerprint density at radius 1 is 1.39 bits per heavy atom. The van der Waals surface area contributed by atoms with Gasteiger partial charge in [-0.2, -0.15) is 5.26 Å². The van der Waals surface area contributed by atoms with E-state index in [1.54, 1.807) is 6.07 Å². The molecule has 1 aromatic heterocycles. The number of anilines is 1. The van der Waals surface area contributed by atoms with Crippen molar-refractivity contribution in [2.24, 2.45) is 5.92 Å². The van der Waals surface area contributed by atoms with E-state index in [0.717, 1.165) is 37.9 Å². The van der Waals surface area contributed by atoms with Crippen LogP contribution in [0.1, 0.15) is 37.1 Å². The zero-order valence-electron chi connectivity index (χ0n) is 10.6. The van der Waals surface area contributed by atoms with Crippen LogP contribution in [-0.4, -0.2) is 27.7 Å². The maximum Gasteiger partial charge on any atom is 0.224 e. The smallest absolute Gasteiger partial charge is 0.224 e. The van der Waals surface area contributed by atoms with Gasteiger partial charge in [-0.05, 0) is 44.6 Å². The van der Waals surface area contributed by atoms with Crippen molar-refractivity contribution in [3.8, 4) is 6.07 Å². The lowest BCUT2D eigenvalue weighted by Gasteiger charge is -2.25. The van der Waals surface area contributed by atoms with E-state index in [1.807, 2.05) is 13.0 Å². The third-order valence-corrected chi connectivity index (χ3v) is 3.33. The predicted molar refractivity (Wildman–Crippen MR) is 67.9 cm³/mol. The van der Waals surface area contributed by atoms with Gasteiger partial charge in [-0.3, -0.25) is 0 Å². The second-order valence-electron chi connectivity index (χ2n) is 4.89. The van der Waals surface area contributed by atoms with E-state index in [2.05, 4.69) is 15.3 Å². The van der Waals surface area contributed by atoms with E-state index in [1.165, 1.54) is 0 Å². The topological polar surface area (TPSA) is 81.8 Å². The van der Waals surface area contributed by atoms with Crippen LogP contribution in [0.15, 0.2) is 6.07 Å². The lowest BCUT2D eigenvalue weighted by Crippen LogP contribution is -2.24. The van der Waals surface area contributed by atoms with Crippen molar-refractivity contribution in [3.63, 3.8) is 0 Å². The molecule has 5 nitrogen and oxygen atoms in total. The van der Waals surface area contributed by atoms with Gasteiger partial charge in [-0.25, -0.2) is 9.97 Å². The fourth-order valence-corrected chi connectivity index (χ4v) is 2.29. The number of hydrogen-bond acceptors (Lipinski definition) is 5. The summed E-state index contributed by atoms with van der Waals surface area (Å²) in [7, 11) is 0. The van der Waals surface area contributed by atoms with E-state index < -0.39 is 0 Å². The lowest BCUT2D eigenvalue weighted by molar-refractivity contribution is 0.111.